The minimum absolute atomic E-state index is 0.169. The lowest BCUT2D eigenvalue weighted by molar-refractivity contribution is -0.162. The Kier molecular flexibility index (Phi) is 11.4. The van der Waals surface area contributed by atoms with E-state index >= 15 is 0 Å². The smallest absolute Gasteiger partial charge is 0.344 e. The van der Waals surface area contributed by atoms with E-state index in [0.29, 0.717) is 5.56 Å². The van der Waals surface area contributed by atoms with Gasteiger partial charge in [0.1, 0.15) is 0 Å². The number of carbonyl (C=O) groups is 4. The van der Waals surface area contributed by atoms with Gasteiger partial charge in [-0.05, 0) is 43.2 Å². The van der Waals surface area contributed by atoms with E-state index in [2.05, 4.69) is 5.32 Å². The quantitative estimate of drug-likeness (QED) is 0.291. The predicted octanol–water partition coefficient (Wildman–Crippen LogP) is 3.66. The van der Waals surface area contributed by atoms with E-state index in [-0.39, 0.29) is 31.0 Å². The van der Waals surface area contributed by atoms with Crippen LogP contribution in [0.4, 0.5) is 5.69 Å². The number of hydrogen-bond acceptors (Lipinski definition) is 6. The van der Waals surface area contributed by atoms with Crippen molar-refractivity contribution in [1.29, 1.82) is 0 Å². The van der Waals surface area contributed by atoms with Crippen molar-refractivity contribution >= 4 is 29.3 Å². The van der Waals surface area contributed by atoms with Gasteiger partial charge < -0.3 is 20.9 Å². The van der Waals surface area contributed by atoms with Crippen molar-refractivity contribution in [3.63, 3.8) is 0 Å². The highest BCUT2D eigenvalue weighted by atomic mass is 16.6. The molecule has 8 heteroatoms. The van der Waals surface area contributed by atoms with Gasteiger partial charge in [-0.1, -0.05) is 66.7 Å². The second-order valence-electron chi connectivity index (χ2n) is 7.93. The summed E-state index contributed by atoms with van der Waals surface area (Å²) >= 11 is 0. The summed E-state index contributed by atoms with van der Waals surface area (Å²) in [7, 11) is 0. The molecule has 0 saturated heterocycles. The molecule has 36 heavy (non-hydrogen) atoms. The van der Waals surface area contributed by atoms with Crippen LogP contribution in [0.1, 0.15) is 35.7 Å². The highest BCUT2D eigenvalue weighted by Crippen LogP contribution is 2.09. The molecular weight excluding hydrogens is 460 g/mol. The Bertz CT molecular complexity index is 1120. The van der Waals surface area contributed by atoms with Gasteiger partial charge in [0.25, 0.3) is 5.91 Å². The lowest BCUT2D eigenvalue weighted by Crippen LogP contribution is -2.42. The maximum absolute atomic E-state index is 12.7. The first kappa shape index (κ1) is 27.8. The molecule has 3 aromatic carbocycles. The largest absolute Gasteiger partial charge is 0.479 e. The van der Waals surface area contributed by atoms with Crippen molar-refractivity contribution in [3.05, 3.63) is 102 Å². The number of aliphatic carboxylic acids is 1. The number of carbonyl (C=O) groups excluding carboxylic acids is 3. The van der Waals surface area contributed by atoms with Gasteiger partial charge in [0.05, 0.1) is 12.5 Å². The third kappa shape index (κ3) is 10.2. The van der Waals surface area contributed by atoms with Crippen molar-refractivity contribution in [1.82, 2.24) is 5.32 Å². The van der Waals surface area contributed by atoms with Gasteiger partial charge in [-0.15, -0.1) is 0 Å². The molecule has 188 valence electrons. The van der Waals surface area contributed by atoms with Crippen molar-refractivity contribution in [2.75, 3.05) is 5.73 Å². The maximum Gasteiger partial charge on any atom is 0.344 e. The summed E-state index contributed by atoms with van der Waals surface area (Å²) < 4.78 is 4.73. The monoisotopic (exact) mass is 490 g/mol. The Morgan fingerprint density at radius 2 is 1.36 bits per heavy atom. The van der Waals surface area contributed by atoms with E-state index in [9.17, 15) is 19.2 Å². The van der Waals surface area contributed by atoms with Crippen LogP contribution in [0.15, 0.2) is 91.0 Å². The first-order valence-corrected chi connectivity index (χ1v) is 11.4. The summed E-state index contributed by atoms with van der Waals surface area (Å²) in [5, 5.41) is 11.5. The van der Waals surface area contributed by atoms with Crippen molar-refractivity contribution in [2.45, 2.75) is 38.3 Å². The first-order valence-electron chi connectivity index (χ1n) is 11.4. The van der Waals surface area contributed by atoms with Gasteiger partial charge in [0.2, 0.25) is 0 Å². The molecule has 1 unspecified atom stereocenters. The summed E-state index contributed by atoms with van der Waals surface area (Å²) in [6.45, 7) is 1.24. The molecule has 0 heterocycles. The normalized spacial score (nSPS) is 11.7. The van der Waals surface area contributed by atoms with Crippen molar-refractivity contribution in [3.8, 4) is 0 Å². The number of para-hydroxylation sites is 1. The van der Waals surface area contributed by atoms with Gasteiger partial charge >= 0.3 is 11.9 Å². The van der Waals surface area contributed by atoms with E-state index in [4.69, 9.17) is 15.6 Å². The number of Topliss-reactive ketones (excluding diaryl/α,β-unsaturated/α-hetero) is 1. The molecule has 0 aromatic heterocycles. The fraction of sp³-hybridized carbons (Fsp3) is 0.214. The zero-order chi connectivity index (χ0) is 26.3. The molecule has 0 spiro atoms. The number of ketones is 1. The van der Waals surface area contributed by atoms with E-state index in [1.54, 1.807) is 30.3 Å². The Morgan fingerprint density at radius 1 is 0.833 bits per heavy atom. The summed E-state index contributed by atoms with van der Waals surface area (Å²) in [4.78, 5) is 47.7. The van der Waals surface area contributed by atoms with Crippen LogP contribution in [0.25, 0.3) is 0 Å². The zero-order valence-corrected chi connectivity index (χ0v) is 20.0. The van der Waals surface area contributed by atoms with Crippen LogP contribution in [0.2, 0.25) is 0 Å². The number of nitrogen functional groups attached to an aromatic ring is 1. The minimum atomic E-state index is -1.28. The van der Waals surface area contributed by atoms with Gasteiger partial charge in [-0.3, -0.25) is 14.4 Å². The molecule has 0 aliphatic rings. The number of hydrogen-bond donors (Lipinski definition) is 3. The molecule has 0 bridgehead atoms. The number of rotatable bonds is 10. The molecule has 4 N–H and O–H groups in total. The van der Waals surface area contributed by atoms with E-state index in [0.717, 1.165) is 11.3 Å². The SMILES string of the molecule is C[C@H](OC(=O)CCC(=O)C(Cc1ccccc1)NC(=O)c1ccccc1)C(=O)O.Nc1ccccc1. The number of ether oxygens (including phenoxy) is 1. The third-order valence-corrected chi connectivity index (χ3v) is 5.04. The molecule has 0 radical (unpaired) electrons. The van der Waals surface area contributed by atoms with Gasteiger partial charge in [-0.2, -0.15) is 0 Å². The number of esters is 1. The highest BCUT2D eigenvalue weighted by molar-refractivity contribution is 5.98. The second kappa shape index (κ2) is 14.7. The van der Waals surface area contributed by atoms with Gasteiger partial charge in [0.15, 0.2) is 11.9 Å². The number of benzene rings is 3. The molecule has 0 aliphatic carbocycles. The Labute approximate surface area is 210 Å². The number of nitrogens with two attached hydrogens (primary N) is 1. The molecule has 1 amide bonds. The van der Waals surface area contributed by atoms with Crippen LogP contribution < -0.4 is 11.1 Å². The number of anilines is 1. The van der Waals surface area contributed by atoms with E-state index in [1.807, 2.05) is 60.7 Å². The lowest BCUT2D eigenvalue weighted by atomic mass is 9.99. The van der Waals surface area contributed by atoms with Crippen LogP contribution >= 0.6 is 0 Å². The number of carboxylic acid groups (broad SMARTS) is 1. The topological polar surface area (TPSA) is 136 Å². The second-order valence-corrected chi connectivity index (χ2v) is 7.93. The van der Waals surface area contributed by atoms with Gasteiger partial charge in [-0.25, -0.2) is 4.79 Å². The number of amides is 1. The molecule has 0 aliphatic heterocycles. The highest BCUT2D eigenvalue weighted by Gasteiger charge is 2.24. The Hall–Kier alpha value is -4.46. The van der Waals surface area contributed by atoms with Gasteiger partial charge in [0, 0.05) is 17.7 Å². The molecule has 8 nitrogen and oxygen atoms in total. The summed E-state index contributed by atoms with van der Waals surface area (Å²) in [5.41, 5.74) is 7.47. The van der Waals surface area contributed by atoms with Crippen LogP contribution in [-0.2, 0) is 25.5 Å². The number of carboxylic acids is 1. The molecule has 0 fully saturated rings. The first-order chi connectivity index (χ1) is 17.3. The lowest BCUT2D eigenvalue weighted by Gasteiger charge is -2.18. The average Bonchev–Trinajstić information content (AvgIpc) is 2.88. The number of nitrogens with one attached hydrogen (secondary N) is 1. The average molecular weight is 491 g/mol. The fourth-order valence-corrected chi connectivity index (χ4v) is 3.09. The van der Waals surface area contributed by atoms with E-state index in [1.165, 1.54) is 6.92 Å². The summed E-state index contributed by atoms with van der Waals surface area (Å²) in [6.07, 6.45) is -1.44. The zero-order valence-electron chi connectivity index (χ0n) is 20.0. The van der Waals surface area contributed by atoms with Crippen LogP contribution in [0, 0.1) is 0 Å². The fourth-order valence-electron chi connectivity index (χ4n) is 3.09. The molecular formula is C28H30N2O6. The predicted molar refractivity (Wildman–Crippen MR) is 136 cm³/mol. The summed E-state index contributed by atoms with van der Waals surface area (Å²) in [6, 6.07) is 26.4. The van der Waals surface area contributed by atoms with E-state index < -0.39 is 24.1 Å². The molecule has 0 saturated carbocycles. The summed E-state index contributed by atoms with van der Waals surface area (Å²) in [5.74, 6) is -2.76. The Morgan fingerprint density at radius 3 is 1.86 bits per heavy atom. The molecule has 3 rings (SSSR count). The minimum Gasteiger partial charge on any atom is -0.479 e. The van der Waals surface area contributed by atoms with Crippen LogP contribution in [0.5, 0.6) is 0 Å². The van der Waals surface area contributed by atoms with Crippen LogP contribution in [0.3, 0.4) is 0 Å². The Balaban J connectivity index is 0.000000558. The molecule has 3 aromatic rings. The van der Waals surface area contributed by atoms with Crippen molar-refractivity contribution < 1.29 is 29.0 Å². The molecule has 2 atom stereocenters. The standard InChI is InChI=1S/C22H23NO6.C6H7N/c1-15(22(27)28)29-20(25)13-12-19(24)18(14-16-8-4-2-5-9-16)23-21(26)17-10-6-3-7-11-17;7-6-4-2-1-3-5-6/h2-11,15,18H,12-14H2,1H3,(H,23,26)(H,27,28);1-5H,7H2/t15-,18?;/m0./s1. The van der Waals surface area contributed by atoms with Crippen molar-refractivity contribution in [2.24, 2.45) is 0 Å². The van der Waals surface area contributed by atoms with Crippen LogP contribution in [-0.4, -0.2) is 40.9 Å². The maximum atomic E-state index is 12.7. The third-order valence-electron chi connectivity index (χ3n) is 5.04.